The second-order valence-corrected chi connectivity index (χ2v) is 7.73. The van der Waals surface area contributed by atoms with Crippen LogP contribution in [0.3, 0.4) is 0 Å². The zero-order valence-corrected chi connectivity index (χ0v) is 20.5. The van der Waals surface area contributed by atoms with Crippen molar-refractivity contribution in [3.05, 3.63) is 33.3 Å². The lowest BCUT2D eigenvalue weighted by Gasteiger charge is -2.31. The minimum atomic E-state index is -5.05. The Hall–Kier alpha value is -2.35. The summed E-state index contributed by atoms with van der Waals surface area (Å²) >= 11 is 3.00. The molecule has 0 bridgehead atoms. The van der Waals surface area contributed by atoms with Crippen LogP contribution in [0.4, 0.5) is 13.2 Å². The average Bonchev–Trinajstić information content (AvgIpc) is 3.38. The van der Waals surface area contributed by atoms with Crippen LogP contribution in [-0.4, -0.2) is 69.7 Å². The van der Waals surface area contributed by atoms with Gasteiger partial charge in [0.2, 0.25) is 12.4 Å². The van der Waals surface area contributed by atoms with Crippen molar-refractivity contribution >= 4 is 34.4 Å². The number of rotatable bonds is 4. The third kappa shape index (κ3) is 10.7. The normalized spacial score (nSPS) is 17.2. The number of carbonyl (C=O) groups is 2. The van der Waals surface area contributed by atoms with E-state index in [0.29, 0.717) is 0 Å². The number of carbonyl (C=O) groups excluding carboxylic acids is 1. The summed E-state index contributed by atoms with van der Waals surface area (Å²) in [6.45, 7) is 3.44. The van der Waals surface area contributed by atoms with Crippen molar-refractivity contribution in [1.29, 1.82) is 0 Å². The monoisotopic (exact) mass is 594 g/mol. The van der Waals surface area contributed by atoms with Crippen molar-refractivity contribution in [1.82, 2.24) is 5.32 Å². The summed E-state index contributed by atoms with van der Waals surface area (Å²) in [7, 11) is 0. The number of halogens is 4. The number of nitrogens with one attached hydrogen (secondary N) is 1. The molecule has 0 radical (unpaired) electrons. The highest BCUT2D eigenvalue weighted by molar-refractivity contribution is 9.10. The van der Waals surface area contributed by atoms with Gasteiger partial charge in [0.1, 0.15) is 5.75 Å². The predicted molar refractivity (Wildman–Crippen MR) is 117 cm³/mol. The standard InChI is InChI=1S/C14H13BrF3NO7.C4H9N.CH2O2.H4NO/c1-5(26-19)24-12(20)8-3-6-2-7(15)4-9(14(21,22)23)10(6)25-11(8)13(16,17)18;1-2-4-5-3-1;2-1-3;1-2/h2-5,11,21-23H,19H2,1H3;5H,1-4H2;1H,(H,2,3);2H,1H3/q;;;+1. The molecule has 0 saturated carbocycles. The number of aliphatic hydroxyl groups is 3. The lowest BCUT2D eigenvalue weighted by Crippen LogP contribution is -2.42. The Bertz CT molecular complexity index is 870. The van der Waals surface area contributed by atoms with E-state index in [1.165, 1.54) is 38.9 Å². The maximum Gasteiger partial charge on any atom is 0.430 e. The van der Waals surface area contributed by atoms with Gasteiger partial charge in [-0.05, 0) is 51.1 Å². The first-order valence-electron chi connectivity index (χ1n) is 9.89. The van der Waals surface area contributed by atoms with Crippen LogP contribution < -0.4 is 21.8 Å². The minimum absolute atomic E-state index is 0.135. The van der Waals surface area contributed by atoms with E-state index in [2.05, 4.69) is 36.7 Å². The zero-order chi connectivity index (χ0) is 28.1. The summed E-state index contributed by atoms with van der Waals surface area (Å²) < 4.78 is 49.6. The molecular weight excluding hydrogens is 567 g/mol. The number of hydrogen-bond donors (Lipinski definition) is 8. The number of hydrogen-bond acceptors (Lipinski definition) is 11. The van der Waals surface area contributed by atoms with Crippen molar-refractivity contribution in [2.24, 2.45) is 5.90 Å². The van der Waals surface area contributed by atoms with Gasteiger partial charge in [-0.3, -0.25) is 9.63 Å². The first-order chi connectivity index (χ1) is 16.8. The van der Waals surface area contributed by atoms with Crippen LogP contribution in [0, 0.1) is 0 Å². The van der Waals surface area contributed by atoms with Gasteiger partial charge in [-0.15, -0.1) is 0 Å². The Morgan fingerprint density at radius 1 is 1.28 bits per heavy atom. The highest BCUT2D eigenvalue weighted by atomic mass is 79.9. The topological polar surface area (TPSA) is 229 Å². The zero-order valence-electron chi connectivity index (χ0n) is 18.9. The molecule has 2 unspecified atom stereocenters. The van der Waals surface area contributed by atoms with Gasteiger partial charge in [-0.1, -0.05) is 15.9 Å². The van der Waals surface area contributed by atoms with Gasteiger partial charge in [0, 0.05) is 10.0 Å². The molecular formula is C19H28BrF3N3O10+. The molecule has 1 aromatic carbocycles. The largest absolute Gasteiger partial charge is 0.483 e. The Morgan fingerprint density at radius 3 is 2.19 bits per heavy atom. The van der Waals surface area contributed by atoms with Crippen molar-refractivity contribution in [2.75, 3.05) is 13.1 Å². The molecule has 3 rings (SSSR count). The van der Waals surface area contributed by atoms with E-state index < -0.39 is 47.4 Å². The summed E-state index contributed by atoms with van der Waals surface area (Å²) in [6.07, 6.45) is -5.59. The van der Waals surface area contributed by atoms with E-state index in [1.807, 2.05) is 0 Å². The first-order valence-corrected chi connectivity index (χ1v) is 10.7. The fourth-order valence-corrected chi connectivity index (χ4v) is 3.28. The number of quaternary nitrogens is 1. The summed E-state index contributed by atoms with van der Waals surface area (Å²) in [6, 6.07) is 2.20. The number of carboxylic acid groups (broad SMARTS) is 1. The molecule has 1 saturated heterocycles. The Morgan fingerprint density at radius 2 is 1.81 bits per heavy atom. The fourth-order valence-electron chi connectivity index (χ4n) is 2.81. The van der Waals surface area contributed by atoms with E-state index in [-0.39, 0.29) is 16.5 Å². The first kappa shape index (κ1) is 33.7. The number of alkyl halides is 3. The molecule has 206 valence electrons. The molecule has 36 heavy (non-hydrogen) atoms. The fraction of sp³-hybridized carbons (Fsp3) is 0.474. The number of benzene rings is 1. The lowest BCUT2D eigenvalue weighted by molar-refractivity contribution is -0.670. The molecule has 2 heterocycles. The smallest absolute Gasteiger partial charge is 0.430 e. The molecule has 17 heteroatoms. The van der Waals surface area contributed by atoms with Gasteiger partial charge in [-0.2, -0.15) is 13.2 Å². The van der Waals surface area contributed by atoms with Crippen molar-refractivity contribution < 1.29 is 68.6 Å². The van der Waals surface area contributed by atoms with Crippen LogP contribution in [0.1, 0.15) is 30.9 Å². The van der Waals surface area contributed by atoms with Gasteiger partial charge in [0.15, 0.2) is 0 Å². The molecule has 0 aromatic heterocycles. The van der Waals surface area contributed by atoms with E-state index in [1.54, 1.807) is 0 Å². The molecule has 0 aliphatic carbocycles. The quantitative estimate of drug-likeness (QED) is 0.0972. The van der Waals surface area contributed by atoms with Gasteiger partial charge in [0.25, 0.3) is 6.47 Å². The highest BCUT2D eigenvalue weighted by Gasteiger charge is 2.50. The van der Waals surface area contributed by atoms with Crippen molar-refractivity contribution in [3.63, 3.8) is 0 Å². The van der Waals surface area contributed by atoms with Gasteiger partial charge >= 0.3 is 18.1 Å². The maximum absolute atomic E-state index is 13.3. The number of fused-ring (bicyclic) bond motifs is 1. The molecule has 0 amide bonds. The van der Waals surface area contributed by atoms with Crippen LogP contribution in [0.5, 0.6) is 5.75 Å². The predicted octanol–water partition coefficient (Wildman–Crippen LogP) is -0.289. The summed E-state index contributed by atoms with van der Waals surface area (Å²) in [5, 5.41) is 45.0. The molecule has 13 nitrogen and oxygen atoms in total. The number of nitrogens with two attached hydrogens (primary N) is 1. The maximum atomic E-state index is 13.3. The minimum Gasteiger partial charge on any atom is -0.483 e. The summed E-state index contributed by atoms with van der Waals surface area (Å²) in [4.78, 5) is 24.6. The lowest BCUT2D eigenvalue weighted by atomic mass is 9.98. The molecule has 0 spiro atoms. The Balaban J connectivity index is 0.00000103. The molecule has 2 atom stereocenters. The number of esters is 1. The van der Waals surface area contributed by atoms with Crippen molar-refractivity contribution in [3.8, 4) is 5.75 Å². The van der Waals surface area contributed by atoms with Crippen LogP contribution in [0.2, 0.25) is 0 Å². The van der Waals surface area contributed by atoms with Gasteiger partial charge in [0.05, 0.1) is 11.1 Å². The van der Waals surface area contributed by atoms with Crippen LogP contribution in [0.25, 0.3) is 6.08 Å². The van der Waals surface area contributed by atoms with Gasteiger partial charge < -0.3 is 35.2 Å². The molecule has 1 fully saturated rings. The summed E-state index contributed by atoms with van der Waals surface area (Å²) in [5.74, 6) is 1.50. The van der Waals surface area contributed by atoms with Crippen LogP contribution in [-0.2, 0) is 25.1 Å². The van der Waals surface area contributed by atoms with E-state index in [4.69, 9.17) is 25.7 Å². The molecule has 11 N–H and O–H groups in total. The second-order valence-electron chi connectivity index (χ2n) is 6.82. The van der Waals surface area contributed by atoms with Crippen molar-refractivity contribution in [2.45, 2.75) is 44.3 Å². The van der Waals surface area contributed by atoms with Gasteiger partial charge in [-0.25, -0.2) is 21.8 Å². The Kier molecular flexibility index (Phi) is 14.7. The molecule has 2 aliphatic heterocycles. The molecule has 1 aromatic rings. The number of ether oxygens (including phenoxy) is 2. The highest BCUT2D eigenvalue weighted by Crippen LogP contribution is 2.43. The third-order valence-corrected chi connectivity index (χ3v) is 4.69. The third-order valence-electron chi connectivity index (χ3n) is 4.23. The second kappa shape index (κ2) is 15.7. The van der Waals surface area contributed by atoms with Crippen LogP contribution in [0.15, 0.2) is 22.2 Å². The summed E-state index contributed by atoms with van der Waals surface area (Å²) in [5.41, 5.74) is -1.81. The average molecular weight is 595 g/mol. The Labute approximate surface area is 211 Å². The molecule has 2 aliphatic rings. The van der Waals surface area contributed by atoms with Crippen LogP contribution >= 0.6 is 15.9 Å². The van der Waals surface area contributed by atoms with E-state index in [0.717, 1.165) is 12.1 Å². The SMILES string of the molecule is C1CCNC1.CC(ON)OC(=O)C1=Cc2cc(Br)cc(C(O)(O)O)c2OC1C(F)(F)F.O=CO.[NH3+]O. The van der Waals surface area contributed by atoms with E-state index in [9.17, 15) is 33.3 Å². The van der Waals surface area contributed by atoms with E-state index >= 15 is 0 Å².